The van der Waals surface area contributed by atoms with Crippen LogP contribution < -0.4 is 16.0 Å². The zero-order valence-electron chi connectivity index (χ0n) is 16.8. The highest BCUT2D eigenvalue weighted by atomic mass is 16.1. The van der Waals surface area contributed by atoms with Crippen molar-refractivity contribution in [3.63, 3.8) is 0 Å². The minimum atomic E-state index is -0.269. The number of piperazine rings is 1. The molecular formula is C24H29N5O. The first-order chi connectivity index (χ1) is 14.7. The maximum atomic E-state index is 13.2. The number of nitrogen functional groups attached to an aromatic ring is 1. The SMILES string of the molecule is CC#Cc1ccc(N2CCN[C@@H](c3ccccc3)C2)nc1C(=O)c1cccnc1N.[HH].[HH].[HH]. The lowest BCUT2D eigenvalue weighted by molar-refractivity contribution is 0.103. The molecule has 1 fully saturated rings. The van der Waals surface area contributed by atoms with Gasteiger partial charge < -0.3 is 16.0 Å². The number of benzene rings is 1. The van der Waals surface area contributed by atoms with Crippen LogP contribution in [0.25, 0.3) is 0 Å². The zero-order valence-corrected chi connectivity index (χ0v) is 16.8. The van der Waals surface area contributed by atoms with Crippen LogP contribution in [0.5, 0.6) is 0 Å². The number of carbonyl (C=O) groups excluding carboxylic acids is 1. The fourth-order valence-corrected chi connectivity index (χ4v) is 3.64. The third kappa shape index (κ3) is 4.02. The molecule has 1 atom stereocenters. The molecule has 1 aromatic carbocycles. The van der Waals surface area contributed by atoms with E-state index >= 15 is 0 Å². The molecule has 3 aromatic rings. The van der Waals surface area contributed by atoms with Crippen molar-refractivity contribution in [2.75, 3.05) is 30.3 Å². The molecule has 3 heterocycles. The van der Waals surface area contributed by atoms with Crippen LogP contribution in [0.1, 0.15) is 44.4 Å². The van der Waals surface area contributed by atoms with Crippen molar-refractivity contribution in [3.05, 3.63) is 83.2 Å². The second kappa shape index (κ2) is 8.76. The van der Waals surface area contributed by atoms with Gasteiger partial charge in [0, 0.05) is 36.2 Å². The van der Waals surface area contributed by atoms with Crippen LogP contribution in [0, 0.1) is 11.8 Å². The molecule has 0 aliphatic carbocycles. The van der Waals surface area contributed by atoms with Gasteiger partial charge in [-0.25, -0.2) is 9.97 Å². The zero-order chi connectivity index (χ0) is 20.9. The molecule has 0 unspecified atom stereocenters. The molecule has 1 saturated heterocycles. The summed E-state index contributed by atoms with van der Waals surface area (Å²) in [5.41, 5.74) is 8.39. The predicted molar refractivity (Wildman–Crippen MR) is 125 cm³/mol. The lowest BCUT2D eigenvalue weighted by Crippen LogP contribution is -2.46. The Kier molecular flexibility index (Phi) is 5.73. The van der Waals surface area contributed by atoms with Crippen molar-refractivity contribution in [1.82, 2.24) is 15.3 Å². The number of aromatic nitrogens is 2. The first-order valence-electron chi connectivity index (χ1n) is 9.89. The summed E-state index contributed by atoms with van der Waals surface area (Å²) in [4.78, 5) is 24.2. The highest BCUT2D eigenvalue weighted by Crippen LogP contribution is 2.24. The molecule has 156 valence electrons. The Morgan fingerprint density at radius 2 is 2.03 bits per heavy atom. The van der Waals surface area contributed by atoms with E-state index in [1.54, 1.807) is 25.3 Å². The number of rotatable bonds is 4. The number of nitrogens with zero attached hydrogens (tertiary/aromatic N) is 3. The molecule has 30 heavy (non-hydrogen) atoms. The summed E-state index contributed by atoms with van der Waals surface area (Å²) in [6.45, 7) is 4.13. The normalized spacial score (nSPS) is 15.9. The molecule has 4 rings (SSSR count). The summed E-state index contributed by atoms with van der Waals surface area (Å²) in [7, 11) is 0. The minimum Gasteiger partial charge on any atom is -0.383 e. The molecule has 6 heteroatoms. The van der Waals surface area contributed by atoms with Gasteiger partial charge in [-0.15, -0.1) is 5.92 Å². The van der Waals surface area contributed by atoms with Crippen molar-refractivity contribution in [3.8, 4) is 11.8 Å². The van der Waals surface area contributed by atoms with Crippen molar-refractivity contribution in [2.24, 2.45) is 0 Å². The Morgan fingerprint density at radius 3 is 2.80 bits per heavy atom. The van der Waals surface area contributed by atoms with Crippen LogP contribution in [-0.4, -0.2) is 35.4 Å². The molecule has 3 N–H and O–H groups in total. The fourth-order valence-electron chi connectivity index (χ4n) is 3.64. The molecule has 0 saturated carbocycles. The van der Waals surface area contributed by atoms with E-state index < -0.39 is 0 Å². The largest absolute Gasteiger partial charge is 0.383 e. The predicted octanol–water partition coefficient (Wildman–Crippen LogP) is 3.55. The molecule has 6 nitrogen and oxygen atoms in total. The van der Waals surface area contributed by atoms with Crippen molar-refractivity contribution in [1.29, 1.82) is 0 Å². The summed E-state index contributed by atoms with van der Waals surface area (Å²) in [6.07, 6.45) is 1.56. The molecule has 0 amide bonds. The number of pyridine rings is 2. The van der Waals surface area contributed by atoms with E-state index in [0.717, 1.165) is 25.5 Å². The number of carbonyl (C=O) groups is 1. The van der Waals surface area contributed by atoms with Crippen molar-refractivity contribution < 1.29 is 9.07 Å². The highest BCUT2D eigenvalue weighted by Gasteiger charge is 2.24. The summed E-state index contributed by atoms with van der Waals surface area (Å²) < 4.78 is 0. The minimum absolute atomic E-state index is 0. The molecule has 0 bridgehead atoms. The highest BCUT2D eigenvalue weighted by molar-refractivity contribution is 6.11. The molecule has 0 spiro atoms. The average molecular weight is 404 g/mol. The third-order valence-electron chi connectivity index (χ3n) is 5.14. The quantitative estimate of drug-likeness (QED) is 0.512. The molecule has 1 aliphatic heterocycles. The van der Waals surface area contributed by atoms with E-state index in [0.29, 0.717) is 16.8 Å². The second-order valence-corrected chi connectivity index (χ2v) is 7.07. The molecule has 0 radical (unpaired) electrons. The number of ketones is 1. The van der Waals surface area contributed by atoms with Crippen molar-refractivity contribution in [2.45, 2.75) is 13.0 Å². The number of hydrogen-bond donors (Lipinski definition) is 2. The topological polar surface area (TPSA) is 84.1 Å². The lowest BCUT2D eigenvalue weighted by atomic mass is 10.0. The van der Waals surface area contributed by atoms with Crippen LogP contribution >= 0.6 is 0 Å². The average Bonchev–Trinajstić information content (AvgIpc) is 2.80. The number of nitrogens with two attached hydrogens (primary N) is 1. The monoisotopic (exact) mass is 403 g/mol. The van der Waals surface area contributed by atoms with Gasteiger partial charge in [-0.2, -0.15) is 0 Å². The first kappa shape index (κ1) is 19.6. The number of nitrogens with one attached hydrogen (secondary N) is 1. The second-order valence-electron chi connectivity index (χ2n) is 7.07. The molecule has 2 aromatic heterocycles. The summed E-state index contributed by atoms with van der Waals surface area (Å²) in [5, 5.41) is 3.55. The maximum absolute atomic E-state index is 13.2. The number of anilines is 2. The van der Waals surface area contributed by atoms with Crippen LogP contribution in [0.3, 0.4) is 0 Å². The van der Waals surface area contributed by atoms with Gasteiger partial charge in [0.05, 0.1) is 11.1 Å². The van der Waals surface area contributed by atoms with E-state index in [1.807, 2.05) is 30.3 Å². The van der Waals surface area contributed by atoms with E-state index in [9.17, 15) is 4.79 Å². The summed E-state index contributed by atoms with van der Waals surface area (Å²) in [6, 6.07) is 17.7. The van der Waals surface area contributed by atoms with Gasteiger partial charge in [0.15, 0.2) is 0 Å². The third-order valence-corrected chi connectivity index (χ3v) is 5.14. The summed E-state index contributed by atoms with van der Waals surface area (Å²) >= 11 is 0. The van der Waals surface area contributed by atoms with Gasteiger partial charge in [-0.1, -0.05) is 36.3 Å². The van der Waals surface area contributed by atoms with Crippen molar-refractivity contribution >= 4 is 17.4 Å². The first-order valence-corrected chi connectivity index (χ1v) is 9.89. The Morgan fingerprint density at radius 1 is 1.20 bits per heavy atom. The summed E-state index contributed by atoms with van der Waals surface area (Å²) in [5.74, 6) is 6.52. The van der Waals surface area contributed by atoms with Crippen LogP contribution in [-0.2, 0) is 0 Å². The van der Waals surface area contributed by atoms with E-state index in [2.05, 4.69) is 39.2 Å². The Labute approximate surface area is 180 Å². The van der Waals surface area contributed by atoms with E-state index in [1.165, 1.54) is 5.56 Å². The van der Waals surface area contributed by atoms with Crippen LogP contribution in [0.4, 0.5) is 11.6 Å². The standard InChI is InChI=1S/C24H23N5O.3H2/c1-2-7-18-11-12-21(28-22(18)23(30)19-10-6-13-27-24(19)25)29-15-14-26-20(16-29)17-8-4-3-5-9-17;;;/h3-6,8-13,20,26H,14-16H2,1H3,(H2,25,27);3*1H/t20-;;;/m1.../s1. The smallest absolute Gasteiger partial charge is 0.216 e. The maximum Gasteiger partial charge on any atom is 0.216 e. The van der Waals surface area contributed by atoms with Crippen LogP contribution in [0.2, 0.25) is 0 Å². The van der Waals surface area contributed by atoms with Gasteiger partial charge in [0.25, 0.3) is 0 Å². The molecule has 1 aliphatic rings. The number of hydrogen-bond acceptors (Lipinski definition) is 6. The van der Waals surface area contributed by atoms with E-state index in [-0.39, 0.29) is 21.9 Å². The fraction of sp³-hybridized carbons (Fsp3) is 0.208. The van der Waals surface area contributed by atoms with Gasteiger partial charge in [-0.05, 0) is 36.8 Å². The van der Waals surface area contributed by atoms with Gasteiger partial charge in [0.2, 0.25) is 5.78 Å². The Hall–Kier alpha value is -3.69. The molecular weight excluding hydrogens is 374 g/mol. The van der Waals surface area contributed by atoms with Gasteiger partial charge in [-0.3, -0.25) is 4.79 Å². The van der Waals surface area contributed by atoms with Gasteiger partial charge >= 0.3 is 0 Å². The lowest BCUT2D eigenvalue weighted by Gasteiger charge is -2.35. The van der Waals surface area contributed by atoms with E-state index in [4.69, 9.17) is 10.7 Å². The van der Waals surface area contributed by atoms with Crippen LogP contribution in [0.15, 0.2) is 60.8 Å². The van der Waals surface area contributed by atoms with Gasteiger partial charge in [0.1, 0.15) is 17.3 Å². The Balaban J connectivity index is 0.00000181. The Bertz CT molecular complexity index is 1130.